The molecule has 0 fully saturated rings. The fourth-order valence-corrected chi connectivity index (χ4v) is 1.24. The van der Waals surface area contributed by atoms with Gasteiger partial charge in [-0.05, 0) is 26.2 Å². The molecule has 1 amide bonds. The van der Waals surface area contributed by atoms with Crippen LogP contribution >= 0.6 is 0 Å². The maximum absolute atomic E-state index is 10.8. The van der Waals surface area contributed by atoms with Crippen molar-refractivity contribution in [2.45, 2.75) is 0 Å². The third-order valence-electron chi connectivity index (χ3n) is 2.28. The Morgan fingerprint density at radius 1 is 1.44 bits per heavy atom. The Hall–Kier alpha value is -1.66. The molecule has 0 spiro atoms. The van der Waals surface area contributed by atoms with Gasteiger partial charge in [0.2, 0.25) is 5.91 Å². The first-order valence-corrected chi connectivity index (χ1v) is 5.82. The van der Waals surface area contributed by atoms with Crippen LogP contribution in [0.25, 0.3) is 0 Å². The van der Waals surface area contributed by atoms with Crippen LogP contribution in [0.4, 0.5) is 5.82 Å². The third kappa shape index (κ3) is 5.60. The fourth-order valence-electron chi connectivity index (χ4n) is 1.24. The van der Waals surface area contributed by atoms with E-state index in [2.05, 4.69) is 15.2 Å². The predicted molar refractivity (Wildman–Crippen MR) is 70.6 cm³/mol. The zero-order valence-electron chi connectivity index (χ0n) is 10.8. The van der Waals surface area contributed by atoms with E-state index in [9.17, 15) is 4.79 Å². The lowest BCUT2D eigenvalue weighted by Gasteiger charge is -2.10. The lowest BCUT2D eigenvalue weighted by atomic mass is 10.3. The van der Waals surface area contributed by atoms with Gasteiger partial charge in [-0.1, -0.05) is 0 Å². The summed E-state index contributed by atoms with van der Waals surface area (Å²) in [5, 5.41) is 3.10. The van der Waals surface area contributed by atoms with Gasteiger partial charge in [0.25, 0.3) is 0 Å². The van der Waals surface area contributed by atoms with Crippen LogP contribution in [0.5, 0.6) is 0 Å². The number of rotatable bonds is 8. The van der Waals surface area contributed by atoms with Crippen molar-refractivity contribution >= 4 is 11.7 Å². The van der Waals surface area contributed by atoms with Crippen molar-refractivity contribution in [1.29, 1.82) is 0 Å². The molecule has 1 aromatic rings. The molecule has 0 aliphatic rings. The molecule has 0 unspecified atom stereocenters. The number of anilines is 1. The predicted octanol–water partition coefficient (Wildman–Crippen LogP) is 0.171. The Balaban J connectivity index is 2.17. The van der Waals surface area contributed by atoms with E-state index in [1.807, 2.05) is 14.1 Å². The number of aromatic nitrogens is 1. The minimum Gasteiger partial charge on any atom is -0.378 e. The number of carbonyl (C=O) groups is 1. The lowest BCUT2D eigenvalue weighted by molar-refractivity contribution is 0.1000. The highest BCUT2D eigenvalue weighted by atomic mass is 16.5. The van der Waals surface area contributed by atoms with Crippen LogP contribution in [-0.4, -0.2) is 56.2 Å². The second kappa shape index (κ2) is 7.62. The highest BCUT2D eigenvalue weighted by Gasteiger charge is 2.00. The van der Waals surface area contributed by atoms with Crippen molar-refractivity contribution in [2.75, 3.05) is 45.7 Å². The van der Waals surface area contributed by atoms with Crippen LogP contribution in [0.1, 0.15) is 10.4 Å². The molecule has 1 aromatic heterocycles. The molecule has 1 heterocycles. The highest BCUT2D eigenvalue weighted by molar-refractivity contribution is 5.92. The van der Waals surface area contributed by atoms with E-state index in [0.29, 0.717) is 31.1 Å². The standard InChI is InChI=1S/C12H20N4O2/c1-16(2)6-8-18-7-5-14-11-4-3-10(9-15-11)12(13)17/h3-4,9H,5-8H2,1-2H3,(H2,13,17)(H,14,15). The molecular weight excluding hydrogens is 232 g/mol. The van der Waals surface area contributed by atoms with Crippen molar-refractivity contribution in [3.63, 3.8) is 0 Å². The molecular formula is C12H20N4O2. The van der Waals surface area contributed by atoms with Crippen LogP contribution in [0.2, 0.25) is 0 Å². The number of nitrogens with one attached hydrogen (secondary N) is 1. The summed E-state index contributed by atoms with van der Waals surface area (Å²) in [5.41, 5.74) is 5.53. The first kappa shape index (κ1) is 14.4. The number of nitrogens with zero attached hydrogens (tertiary/aromatic N) is 2. The fraction of sp³-hybridized carbons (Fsp3) is 0.500. The SMILES string of the molecule is CN(C)CCOCCNc1ccc(C(N)=O)cn1. The summed E-state index contributed by atoms with van der Waals surface area (Å²) < 4.78 is 5.42. The van der Waals surface area contributed by atoms with E-state index in [0.717, 1.165) is 6.54 Å². The van der Waals surface area contributed by atoms with Crippen LogP contribution in [0.15, 0.2) is 18.3 Å². The molecule has 0 radical (unpaired) electrons. The van der Waals surface area contributed by atoms with E-state index in [4.69, 9.17) is 10.5 Å². The smallest absolute Gasteiger partial charge is 0.250 e. The monoisotopic (exact) mass is 252 g/mol. The first-order valence-electron chi connectivity index (χ1n) is 5.82. The molecule has 18 heavy (non-hydrogen) atoms. The van der Waals surface area contributed by atoms with E-state index in [1.165, 1.54) is 6.20 Å². The van der Waals surface area contributed by atoms with Gasteiger partial charge in [-0.15, -0.1) is 0 Å². The average Bonchev–Trinajstić information content (AvgIpc) is 2.34. The Labute approximate surface area is 107 Å². The van der Waals surface area contributed by atoms with Crippen LogP contribution in [-0.2, 0) is 4.74 Å². The number of carbonyl (C=O) groups excluding carboxylic acids is 1. The zero-order chi connectivity index (χ0) is 13.4. The largest absolute Gasteiger partial charge is 0.378 e. The second-order valence-electron chi connectivity index (χ2n) is 4.14. The third-order valence-corrected chi connectivity index (χ3v) is 2.28. The van der Waals surface area contributed by atoms with Crippen molar-refractivity contribution in [3.05, 3.63) is 23.9 Å². The maximum Gasteiger partial charge on any atom is 0.250 e. The molecule has 0 saturated heterocycles. The number of hydrogen-bond donors (Lipinski definition) is 2. The van der Waals surface area contributed by atoms with E-state index < -0.39 is 5.91 Å². The Kier molecular flexibility index (Phi) is 6.10. The Morgan fingerprint density at radius 3 is 2.78 bits per heavy atom. The van der Waals surface area contributed by atoms with Crippen LogP contribution in [0, 0.1) is 0 Å². The topological polar surface area (TPSA) is 80.5 Å². The Bertz CT molecular complexity index is 365. The molecule has 0 aliphatic heterocycles. The van der Waals surface area contributed by atoms with E-state index in [1.54, 1.807) is 12.1 Å². The van der Waals surface area contributed by atoms with Gasteiger partial charge >= 0.3 is 0 Å². The van der Waals surface area contributed by atoms with Gasteiger partial charge < -0.3 is 20.7 Å². The number of nitrogens with two attached hydrogens (primary N) is 1. The summed E-state index contributed by atoms with van der Waals surface area (Å²) in [6.07, 6.45) is 1.46. The summed E-state index contributed by atoms with van der Waals surface area (Å²) in [6.45, 7) is 2.91. The van der Waals surface area contributed by atoms with E-state index in [-0.39, 0.29) is 0 Å². The number of ether oxygens (including phenoxy) is 1. The summed E-state index contributed by atoms with van der Waals surface area (Å²) in [6, 6.07) is 3.37. The van der Waals surface area contributed by atoms with Crippen molar-refractivity contribution in [2.24, 2.45) is 5.73 Å². The average molecular weight is 252 g/mol. The van der Waals surface area contributed by atoms with E-state index >= 15 is 0 Å². The Morgan fingerprint density at radius 2 is 2.22 bits per heavy atom. The highest BCUT2D eigenvalue weighted by Crippen LogP contribution is 2.03. The molecule has 3 N–H and O–H groups in total. The van der Waals surface area contributed by atoms with Gasteiger partial charge in [-0.2, -0.15) is 0 Å². The van der Waals surface area contributed by atoms with Gasteiger partial charge in [-0.3, -0.25) is 4.79 Å². The maximum atomic E-state index is 10.8. The van der Waals surface area contributed by atoms with Gasteiger partial charge in [-0.25, -0.2) is 4.98 Å². The number of likely N-dealkylation sites (N-methyl/N-ethyl adjacent to an activating group) is 1. The lowest BCUT2D eigenvalue weighted by Crippen LogP contribution is -2.20. The normalized spacial score (nSPS) is 10.6. The number of primary amides is 1. The minimum atomic E-state index is -0.471. The quantitative estimate of drug-likeness (QED) is 0.645. The summed E-state index contributed by atoms with van der Waals surface area (Å²) in [7, 11) is 4.01. The first-order chi connectivity index (χ1) is 8.59. The molecule has 100 valence electrons. The van der Waals surface area contributed by atoms with Crippen LogP contribution < -0.4 is 11.1 Å². The molecule has 1 rings (SSSR count). The minimum absolute atomic E-state index is 0.405. The van der Waals surface area contributed by atoms with Crippen LogP contribution in [0.3, 0.4) is 0 Å². The molecule has 0 saturated carbocycles. The molecule has 6 nitrogen and oxygen atoms in total. The molecule has 6 heteroatoms. The number of amides is 1. The zero-order valence-corrected chi connectivity index (χ0v) is 10.8. The van der Waals surface area contributed by atoms with Crippen molar-refractivity contribution < 1.29 is 9.53 Å². The van der Waals surface area contributed by atoms with Crippen molar-refractivity contribution in [3.8, 4) is 0 Å². The van der Waals surface area contributed by atoms with Gasteiger partial charge in [0, 0.05) is 19.3 Å². The number of pyridine rings is 1. The summed E-state index contributed by atoms with van der Waals surface area (Å²) >= 11 is 0. The number of hydrogen-bond acceptors (Lipinski definition) is 5. The summed E-state index contributed by atoms with van der Waals surface area (Å²) in [4.78, 5) is 17.0. The van der Waals surface area contributed by atoms with Gasteiger partial charge in [0.05, 0.1) is 18.8 Å². The molecule has 0 atom stereocenters. The molecule has 0 aliphatic carbocycles. The second-order valence-corrected chi connectivity index (χ2v) is 4.14. The summed E-state index contributed by atoms with van der Waals surface area (Å²) in [5.74, 6) is 0.234. The van der Waals surface area contributed by atoms with Gasteiger partial charge in [0.15, 0.2) is 0 Å². The van der Waals surface area contributed by atoms with Gasteiger partial charge in [0.1, 0.15) is 5.82 Å². The molecule has 0 bridgehead atoms. The van der Waals surface area contributed by atoms with Crippen molar-refractivity contribution in [1.82, 2.24) is 9.88 Å². The molecule has 0 aromatic carbocycles.